The molecule has 0 spiro atoms. The molecular weight excluding hydrogens is 298 g/mol. The maximum absolute atomic E-state index is 9.29. The van der Waals surface area contributed by atoms with Crippen molar-refractivity contribution in [3.8, 4) is 0 Å². The average Bonchev–Trinajstić information content (AvgIpc) is 1.61. The van der Waals surface area contributed by atoms with Crippen molar-refractivity contribution < 1.29 is 95.0 Å². The molecule has 0 aromatic carbocycles. The van der Waals surface area contributed by atoms with Crippen LogP contribution in [-0.2, 0) is 75.2 Å². The Kier molecular flexibility index (Phi) is 16.6. The van der Waals surface area contributed by atoms with Gasteiger partial charge in [-0.05, 0) is 0 Å². The van der Waals surface area contributed by atoms with Crippen LogP contribution in [0.5, 0.6) is 0 Å². The van der Waals surface area contributed by atoms with E-state index in [0.717, 1.165) is 0 Å². The van der Waals surface area contributed by atoms with Gasteiger partial charge >= 0.3 is 12.3 Å². The molecule has 2 N–H and O–H groups in total. The van der Waals surface area contributed by atoms with Gasteiger partial charge in [-0.1, -0.05) is 0 Å². The fourth-order valence-corrected chi connectivity index (χ4v) is 0.0713. The van der Waals surface area contributed by atoms with Crippen molar-refractivity contribution in [1.29, 1.82) is 0 Å². The summed E-state index contributed by atoms with van der Waals surface area (Å²) in [4.78, 5) is 24.8. The standard InChI is InChI=1S/C2H2O6.2Y/c3-1(4)7-8-2(5)6;;/h(H,3,4)(H,5,6);;. The van der Waals surface area contributed by atoms with Crippen LogP contribution in [0.1, 0.15) is 0 Å². The van der Waals surface area contributed by atoms with Crippen LogP contribution in [0.4, 0.5) is 9.59 Å². The van der Waals surface area contributed by atoms with Crippen LogP contribution >= 0.6 is 0 Å². The molecule has 0 aliphatic carbocycles. The van der Waals surface area contributed by atoms with Gasteiger partial charge in [-0.15, -0.1) is 0 Å². The van der Waals surface area contributed by atoms with Gasteiger partial charge < -0.3 is 10.2 Å². The van der Waals surface area contributed by atoms with E-state index in [2.05, 4.69) is 9.78 Å². The topological polar surface area (TPSA) is 93.1 Å². The van der Waals surface area contributed by atoms with Crippen LogP contribution < -0.4 is 0 Å². The average molecular weight is 300 g/mol. The molecule has 0 bridgehead atoms. The predicted octanol–water partition coefficient (Wildman–Crippen LogP) is 0.286. The van der Waals surface area contributed by atoms with E-state index in [1.165, 1.54) is 0 Å². The first-order valence-electron chi connectivity index (χ1n) is 1.43. The largest absolute Gasteiger partial charge is 0.547 e. The Morgan fingerprint density at radius 3 is 1.20 bits per heavy atom. The van der Waals surface area contributed by atoms with E-state index < -0.39 is 12.3 Å². The normalized spacial score (nSPS) is 6.00. The second-order valence-corrected chi connectivity index (χ2v) is 0.698. The van der Waals surface area contributed by atoms with E-state index in [0.29, 0.717) is 0 Å². The number of carbonyl (C=O) groups is 2. The summed E-state index contributed by atoms with van der Waals surface area (Å²) >= 11 is 0. The number of rotatable bonds is 0. The molecule has 52 valence electrons. The third kappa shape index (κ3) is 15.9. The molecular formula is C2H2O6Y2. The molecule has 10 heavy (non-hydrogen) atoms. The van der Waals surface area contributed by atoms with Crippen LogP contribution in [0.2, 0.25) is 0 Å². The first-order chi connectivity index (χ1) is 3.63. The molecule has 0 unspecified atom stereocenters. The molecule has 0 saturated heterocycles. The fourth-order valence-electron chi connectivity index (χ4n) is 0.0713. The summed E-state index contributed by atoms with van der Waals surface area (Å²) in [5.41, 5.74) is 0. The molecule has 0 heterocycles. The van der Waals surface area contributed by atoms with E-state index in [1.54, 1.807) is 0 Å². The van der Waals surface area contributed by atoms with E-state index in [-0.39, 0.29) is 65.4 Å². The van der Waals surface area contributed by atoms with Gasteiger partial charge in [0, 0.05) is 65.4 Å². The molecule has 0 aromatic heterocycles. The fraction of sp³-hybridized carbons (Fsp3) is 0. The Balaban J connectivity index is -0.000000245. The number of hydrogen-bond acceptors (Lipinski definition) is 4. The van der Waals surface area contributed by atoms with Crippen LogP contribution in [0, 0.1) is 0 Å². The van der Waals surface area contributed by atoms with Gasteiger partial charge in [-0.3, -0.25) is 0 Å². The molecule has 8 heteroatoms. The monoisotopic (exact) mass is 300 g/mol. The maximum Gasteiger partial charge on any atom is 0.547 e. The summed E-state index contributed by atoms with van der Waals surface area (Å²) in [6, 6.07) is 0. The van der Waals surface area contributed by atoms with E-state index in [9.17, 15) is 9.59 Å². The summed E-state index contributed by atoms with van der Waals surface area (Å²) in [5, 5.41) is 15.1. The number of carboxylic acid groups (broad SMARTS) is 2. The molecule has 6 nitrogen and oxygen atoms in total. The van der Waals surface area contributed by atoms with Gasteiger partial charge in [-0.25, -0.2) is 19.4 Å². The summed E-state index contributed by atoms with van der Waals surface area (Å²) < 4.78 is 0. The Bertz CT molecular complexity index is 98.3. The van der Waals surface area contributed by atoms with Crippen molar-refractivity contribution in [2.45, 2.75) is 0 Å². The summed E-state index contributed by atoms with van der Waals surface area (Å²) in [6.07, 6.45) is -3.60. The van der Waals surface area contributed by atoms with Crippen molar-refractivity contribution in [1.82, 2.24) is 0 Å². The molecule has 0 aliphatic rings. The Morgan fingerprint density at radius 2 is 1.10 bits per heavy atom. The van der Waals surface area contributed by atoms with Gasteiger partial charge in [0.05, 0.1) is 0 Å². The minimum atomic E-state index is -1.80. The van der Waals surface area contributed by atoms with Gasteiger partial charge in [0.15, 0.2) is 0 Å². The van der Waals surface area contributed by atoms with Crippen LogP contribution in [0.3, 0.4) is 0 Å². The van der Waals surface area contributed by atoms with Crippen molar-refractivity contribution in [2.24, 2.45) is 0 Å². The first kappa shape index (κ1) is 17.0. The minimum Gasteiger partial charge on any atom is -0.447 e. The Morgan fingerprint density at radius 1 is 0.900 bits per heavy atom. The smallest absolute Gasteiger partial charge is 0.447 e. The van der Waals surface area contributed by atoms with Crippen molar-refractivity contribution >= 4 is 12.3 Å². The van der Waals surface area contributed by atoms with Crippen LogP contribution in [-0.4, -0.2) is 22.5 Å². The molecule has 2 radical (unpaired) electrons. The summed E-state index contributed by atoms with van der Waals surface area (Å²) in [6.45, 7) is 0. The SMILES string of the molecule is O=C(O)OOC(=O)O.[Y].[Y]. The van der Waals surface area contributed by atoms with Gasteiger partial charge in [0.2, 0.25) is 0 Å². The van der Waals surface area contributed by atoms with Crippen LogP contribution in [0.15, 0.2) is 0 Å². The zero-order valence-corrected chi connectivity index (χ0v) is 10.4. The van der Waals surface area contributed by atoms with Gasteiger partial charge in [-0.2, -0.15) is 0 Å². The molecule has 0 amide bonds. The first-order valence-corrected chi connectivity index (χ1v) is 1.43. The van der Waals surface area contributed by atoms with Crippen LogP contribution in [0.25, 0.3) is 0 Å². The molecule has 0 aliphatic heterocycles. The molecule has 0 saturated carbocycles. The van der Waals surface area contributed by atoms with E-state index in [4.69, 9.17) is 10.2 Å². The van der Waals surface area contributed by atoms with Crippen molar-refractivity contribution in [2.75, 3.05) is 0 Å². The third-order valence-electron chi connectivity index (χ3n) is 0.184. The number of hydrogen-bond donors (Lipinski definition) is 2. The molecule has 0 atom stereocenters. The van der Waals surface area contributed by atoms with E-state index >= 15 is 0 Å². The zero-order valence-electron chi connectivity index (χ0n) is 4.68. The Hall–Kier alpha value is 0.748. The maximum atomic E-state index is 9.29. The second-order valence-electron chi connectivity index (χ2n) is 0.698. The minimum absolute atomic E-state index is 0. The van der Waals surface area contributed by atoms with Gasteiger partial charge in [0.25, 0.3) is 0 Å². The zero-order chi connectivity index (χ0) is 6.57. The van der Waals surface area contributed by atoms with E-state index in [1.807, 2.05) is 0 Å². The predicted molar refractivity (Wildman–Crippen MR) is 18.2 cm³/mol. The molecule has 0 aromatic rings. The second kappa shape index (κ2) is 9.75. The molecule has 0 fully saturated rings. The molecule has 0 rings (SSSR count). The summed E-state index contributed by atoms with van der Waals surface area (Å²) in [5.74, 6) is 0. The van der Waals surface area contributed by atoms with Crippen molar-refractivity contribution in [3.63, 3.8) is 0 Å². The Labute approximate surface area is 106 Å². The quantitative estimate of drug-likeness (QED) is 0.493. The third-order valence-corrected chi connectivity index (χ3v) is 0.184. The summed E-state index contributed by atoms with van der Waals surface area (Å²) in [7, 11) is 0. The van der Waals surface area contributed by atoms with Gasteiger partial charge in [0.1, 0.15) is 0 Å². The van der Waals surface area contributed by atoms with Crippen molar-refractivity contribution in [3.05, 3.63) is 0 Å².